The summed E-state index contributed by atoms with van der Waals surface area (Å²) in [5, 5.41) is 4.62. The fraction of sp³-hybridized carbons (Fsp3) is 0.786. The van der Waals surface area contributed by atoms with Crippen LogP contribution in [0.3, 0.4) is 0 Å². The summed E-state index contributed by atoms with van der Waals surface area (Å²) in [4.78, 5) is 6.23. The number of nitrogens with one attached hydrogen (secondary N) is 1. The molecule has 1 aliphatic heterocycles. The second-order valence-corrected chi connectivity index (χ2v) is 9.28. The molecule has 1 aromatic heterocycles. The number of thiazole rings is 1. The molecule has 5 nitrogen and oxygen atoms in total. The zero-order chi connectivity index (χ0) is 14.9. The Morgan fingerprint density at radius 2 is 2.10 bits per heavy atom. The lowest BCUT2D eigenvalue weighted by molar-refractivity contribution is 0.179. The number of fused-ring (bicyclic) bond motifs is 1. The molecule has 1 aliphatic carbocycles. The van der Waals surface area contributed by atoms with Crippen LogP contribution in [0, 0.1) is 0 Å². The summed E-state index contributed by atoms with van der Waals surface area (Å²) in [6.07, 6.45) is 4.63. The molecule has 118 valence electrons. The quantitative estimate of drug-likeness (QED) is 0.824. The Labute approximate surface area is 130 Å². The molecule has 1 aromatic rings. The Morgan fingerprint density at radius 1 is 1.33 bits per heavy atom. The van der Waals surface area contributed by atoms with Crippen molar-refractivity contribution in [1.82, 2.24) is 10.3 Å². The van der Waals surface area contributed by atoms with E-state index in [-0.39, 0.29) is 17.0 Å². The maximum Gasteiger partial charge on any atom is 0.150 e. The summed E-state index contributed by atoms with van der Waals surface area (Å²) in [7, 11) is -1.20. The van der Waals surface area contributed by atoms with Crippen molar-refractivity contribution in [3.05, 3.63) is 15.6 Å². The van der Waals surface area contributed by atoms with Gasteiger partial charge < -0.3 is 10.1 Å². The van der Waals surface area contributed by atoms with Crippen LogP contribution in [-0.4, -0.2) is 45.2 Å². The summed E-state index contributed by atoms with van der Waals surface area (Å²) in [6.45, 7) is 1.35. The van der Waals surface area contributed by atoms with Gasteiger partial charge in [-0.25, -0.2) is 13.4 Å². The van der Waals surface area contributed by atoms with E-state index < -0.39 is 9.84 Å². The van der Waals surface area contributed by atoms with Crippen LogP contribution < -0.4 is 5.32 Å². The Morgan fingerprint density at radius 3 is 2.76 bits per heavy atom. The van der Waals surface area contributed by atoms with Crippen molar-refractivity contribution in [3.63, 3.8) is 0 Å². The Balaban J connectivity index is 1.84. The van der Waals surface area contributed by atoms with E-state index in [0.717, 1.165) is 24.4 Å². The third-order valence-electron chi connectivity index (χ3n) is 4.45. The number of hydrogen-bond acceptors (Lipinski definition) is 6. The SMILES string of the molecule is COCCNC1(c2nc3c(s2)CCC3)CCS(=O)(=O)CC1. The second kappa shape index (κ2) is 5.95. The Bertz CT molecular complexity index is 574. The first-order valence-electron chi connectivity index (χ1n) is 7.48. The molecule has 1 N–H and O–H groups in total. The molecule has 2 aliphatic rings. The lowest BCUT2D eigenvalue weighted by Gasteiger charge is -2.36. The van der Waals surface area contributed by atoms with Crippen LogP contribution in [0.15, 0.2) is 0 Å². The molecular weight excluding hydrogens is 308 g/mol. The normalized spacial score (nSPS) is 23.1. The van der Waals surface area contributed by atoms with Crippen molar-refractivity contribution >= 4 is 21.2 Å². The minimum Gasteiger partial charge on any atom is -0.383 e. The number of aromatic nitrogens is 1. The van der Waals surface area contributed by atoms with Gasteiger partial charge in [0.05, 0.1) is 29.3 Å². The zero-order valence-electron chi connectivity index (χ0n) is 12.4. The van der Waals surface area contributed by atoms with Crippen LogP contribution in [0.2, 0.25) is 0 Å². The highest BCUT2D eigenvalue weighted by Crippen LogP contribution is 2.39. The van der Waals surface area contributed by atoms with Crippen LogP contribution in [0.1, 0.15) is 34.8 Å². The van der Waals surface area contributed by atoms with Crippen LogP contribution in [0.25, 0.3) is 0 Å². The predicted molar refractivity (Wildman–Crippen MR) is 83.6 cm³/mol. The van der Waals surface area contributed by atoms with Crippen LogP contribution in [0.5, 0.6) is 0 Å². The van der Waals surface area contributed by atoms with E-state index >= 15 is 0 Å². The van der Waals surface area contributed by atoms with Gasteiger partial charge in [-0.2, -0.15) is 0 Å². The van der Waals surface area contributed by atoms with Crippen molar-refractivity contribution in [2.45, 2.75) is 37.6 Å². The molecule has 7 heteroatoms. The van der Waals surface area contributed by atoms with Crippen molar-refractivity contribution in [2.75, 3.05) is 31.8 Å². The standard InChI is InChI=1S/C14H22N2O3S2/c1-19-8-7-15-14(5-9-21(17,18)10-6-14)13-16-11-3-2-4-12(11)20-13/h15H,2-10H2,1H3. The van der Waals surface area contributed by atoms with E-state index in [9.17, 15) is 8.42 Å². The smallest absolute Gasteiger partial charge is 0.150 e. The monoisotopic (exact) mass is 330 g/mol. The topological polar surface area (TPSA) is 68.3 Å². The van der Waals surface area contributed by atoms with Gasteiger partial charge in [-0.05, 0) is 32.1 Å². The second-order valence-electron chi connectivity index (χ2n) is 5.90. The maximum atomic E-state index is 11.8. The molecule has 2 heterocycles. The molecule has 0 unspecified atom stereocenters. The number of hydrogen-bond donors (Lipinski definition) is 1. The number of nitrogens with zero attached hydrogens (tertiary/aromatic N) is 1. The summed E-state index contributed by atoms with van der Waals surface area (Å²) in [6, 6.07) is 0. The Kier molecular flexibility index (Phi) is 4.36. The van der Waals surface area contributed by atoms with Crippen molar-refractivity contribution in [3.8, 4) is 0 Å². The molecule has 0 aromatic carbocycles. The molecule has 0 spiro atoms. The lowest BCUT2D eigenvalue weighted by Crippen LogP contribution is -2.49. The van der Waals surface area contributed by atoms with E-state index in [1.165, 1.54) is 17.0 Å². The highest BCUT2D eigenvalue weighted by Gasteiger charge is 2.41. The van der Waals surface area contributed by atoms with E-state index in [2.05, 4.69) is 5.32 Å². The largest absolute Gasteiger partial charge is 0.383 e. The average Bonchev–Trinajstić information content (AvgIpc) is 3.02. The van der Waals surface area contributed by atoms with Gasteiger partial charge in [-0.15, -0.1) is 11.3 Å². The molecule has 0 radical (unpaired) electrons. The fourth-order valence-corrected chi connectivity index (χ4v) is 6.04. The highest BCUT2D eigenvalue weighted by molar-refractivity contribution is 7.91. The molecule has 0 saturated carbocycles. The summed E-state index contributed by atoms with van der Waals surface area (Å²) in [5.41, 5.74) is 0.954. The first-order chi connectivity index (χ1) is 10.0. The number of ether oxygens (including phenoxy) is 1. The van der Waals surface area contributed by atoms with Gasteiger partial charge >= 0.3 is 0 Å². The van der Waals surface area contributed by atoms with Crippen LogP contribution in [0.4, 0.5) is 0 Å². The summed E-state index contributed by atoms with van der Waals surface area (Å²) < 4.78 is 28.7. The van der Waals surface area contributed by atoms with Crippen LogP contribution >= 0.6 is 11.3 Å². The van der Waals surface area contributed by atoms with Gasteiger partial charge in [-0.1, -0.05) is 0 Å². The van der Waals surface area contributed by atoms with E-state index in [4.69, 9.17) is 9.72 Å². The van der Waals surface area contributed by atoms with Gasteiger partial charge in [0.2, 0.25) is 0 Å². The molecule has 1 saturated heterocycles. The number of sulfone groups is 1. The van der Waals surface area contributed by atoms with Gasteiger partial charge in [0.1, 0.15) is 14.8 Å². The van der Waals surface area contributed by atoms with Gasteiger partial charge in [0.15, 0.2) is 0 Å². The van der Waals surface area contributed by atoms with Gasteiger partial charge in [0, 0.05) is 18.5 Å². The zero-order valence-corrected chi connectivity index (χ0v) is 14.0. The first kappa shape index (κ1) is 15.4. The summed E-state index contributed by atoms with van der Waals surface area (Å²) in [5.74, 6) is 0.495. The molecular formula is C14H22N2O3S2. The molecule has 0 atom stereocenters. The van der Waals surface area contributed by atoms with Crippen molar-refractivity contribution < 1.29 is 13.2 Å². The third kappa shape index (κ3) is 3.16. The Hall–Kier alpha value is -0.500. The first-order valence-corrected chi connectivity index (χ1v) is 10.1. The summed E-state index contributed by atoms with van der Waals surface area (Å²) >= 11 is 1.78. The average molecular weight is 330 g/mol. The lowest BCUT2D eigenvalue weighted by atomic mass is 9.93. The highest BCUT2D eigenvalue weighted by atomic mass is 32.2. The van der Waals surface area contributed by atoms with Gasteiger partial charge in [-0.3, -0.25) is 0 Å². The molecule has 0 amide bonds. The number of rotatable bonds is 5. The van der Waals surface area contributed by atoms with E-state index in [1.54, 1.807) is 18.4 Å². The predicted octanol–water partition coefficient (Wildman–Crippen LogP) is 1.27. The molecule has 0 bridgehead atoms. The van der Waals surface area contributed by atoms with Gasteiger partial charge in [0.25, 0.3) is 0 Å². The molecule has 1 fully saturated rings. The van der Waals surface area contributed by atoms with Crippen molar-refractivity contribution in [1.29, 1.82) is 0 Å². The minimum absolute atomic E-state index is 0.247. The molecule has 3 rings (SSSR count). The maximum absolute atomic E-state index is 11.8. The third-order valence-corrected chi connectivity index (χ3v) is 7.47. The van der Waals surface area contributed by atoms with Crippen molar-refractivity contribution in [2.24, 2.45) is 0 Å². The minimum atomic E-state index is -2.88. The molecule has 21 heavy (non-hydrogen) atoms. The number of methoxy groups -OCH3 is 1. The van der Waals surface area contributed by atoms with Crippen LogP contribution in [-0.2, 0) is 33.0 Å². The van der Waals surface area contributed by atoms with E-state index in [0.29, 0.717) is 19.4 Å². The fourth-order valence-electron chi connectivity index (χ4n) is 3.14. The number of aryl methyl sites for hydroxylation is 2. The van der Waals surface area contributed by atoms with E-state index in [1.807, 2.05) is 0 Å².